The molecule has 276 valence electrons. The minimum absolute atomic E-state index is 0.112. The summed E-state index contributed by atoms with van der Waals surface area (Å²) in [6.45, 7) is 4.76. The second-order valence-corrected chi connectivity index (χ2v) is 16.7. The maximum absolute atomic E-state index is 2.44. The number of fused-ring (bicyclic) bond motifs is 6. The van der Waals surface area contributed by atoms with Crippen LogP contribution >= 0.6 is 0 Å². The number of benzene rings is 11. The Bertz CT molecular complexity index is 3400. The lowest BCUT2D eigenvalue weighted by molar-refractivity contribution is 0.645. The second kappa shape index (κ2) is 12.9. The average molecular weight is 749 g/mol. The van der Waals surface area contributed by atoms with Crippen LogP contribution < -0.4 is 0 Å². The lowest BCUT2D eigenvalue weighted by Crippen LogP contribution is -2.23. The molecule has 0 heteroatoms. The Hall–Kier alpha value is -7.28. The molecule has 0 radical (unpaired) electrons. The van der Waals surface area contributed by atoms with Crippen molar-refractivity contribution >= 4 is 53.9 Å². The van der Waals surface area contributed by atoms with Crippen molar-refractivity contribution in [3.8, 4) is 55.6 Å². The zero-order chi connectivity index (χ0) is 39.2. The molecule has 1 aliphatic rings. The summed E-state index contributed by atoms with van der Waals surface area (Å²) in [5.74, 6) is 0. The molecule has 0 fully saturated rings. The van der Waals surface area contributed by atoms with Crippen molar-refractivity contribution in [3.05, 3.63) is 217 Å². The van der Waals surface area contributed by atoms with E-state index in [9.17, 15) is 0 Å². The average Bonchev–Trinajstić information content (AvgIpc) is 3.29. The standard InChI is InChI=1S/C59H40/c1-59(2)52-32-15-14-22-40(52)50-34-35-51(49-31-17-33-53(59)58(49)50)57-47-29-12-10-27-45(47)56(46-28-11-13-30-48(46)57)39-21-16-20-38(36-39)55-43-25-8-6-23-41(43)54(37-18-4-3-5-19-37)42-24-7-9-26-44(42)55/h3-36H,1-2H3. The third kappa shape index (κ3) is 4.90. The van der Waals surface area contributed by atoms with E-state index in [0.29, 0.717) is 0 Å². The van der Waals surface area contributed by atoms with Crippen LogP contribution in [0.15, 0.2) is 206 Å². The van der Waals surface area contributed by atoms with Crippen LogP contribution in [0, 0.1) is 0 Å². The van der Waals surface area contributed by atoms with Gasteiger partial charge in [-0.1, -0.05) is 214 Å². The highest BCUT2D eigenvalue weighted by Crippen LogP contribution is 2.53. The van der Waals surface area contributed by atoms with E-state index >= 15 is 0 Å². The monoisotopic (exact) mass is 748 g/mol. The highest BCUT2D eigenvalue weighted by molar-refractivity contribution is 6.25. The second-order valence-electron chi connectivity index (χ2n) is 16.7. The van der Waals surface area contributed by atoms with Gasteiger partial charge >= 0.3 is 0 Å². The van der Waals surface area contributed by atoms with E-state index in [0.717, 1.165) is 0 Å². The molecule has 1 aliphatic carbocycles. The Labute approximate surface area is 344 Å². The smallest absolute Gasteiger partial charge is 0.0159 e. The number of hydrogen-bond donors (Lipinski definition) is 0. The van der Waals surface area contributed by atoms with Gasteiger partial charge in [-0.2, -0.15) is 0 Å². The van der Waals surface area contributed by atoms with Gasteiger partial charge in [-0.25, -0.2) is 0 Å². The molecule has 0 atom stereocenters. The predicted molar refractivity (Wildman–Crippen MR) is 253 cm³/mol. The minimum Gasteiger partial charge on any atom is -0.0622 e. The third-order valence-corrected chi connectivity index (χ3v) is 13.2. The van der Waals surface area contributed by atoms with Crippen LogP contribution in [0.4, 0.5) is 0 Å². The predicted octanol–water partition coefficient (Wildman–Crippen LogP) is 16.4. The Balaban J connectivity index is 1.12. The first-order valence-corrected chi connectivity index (χ1v) is 20.8. The molecule has 0 aromatic heterocycles. The van der Waals surface area contributed by atoms with Gasteiger partial charge in [0.1, 0.15) is 0 Å². The largest absolute Gasteiger partial charge is 0.0622 e. The molecule has 0 unspecified atom stereocenters. The zero-order valence-corrected chi connectivity index (χ0v) is 33.1. The molecule has 59 heavy (non-hydrogen) atoms. The molecule has 0 aliphatic heterocycles. The van der Waals surface area contributed by atoms with Gasteiger partial charge in [0, 0.05) is 5.41 Å². The van der Waals surface area contributed by atoms with Crippen LogP contribution in [-0.2, 0) is 5.41 Å². The van der Waals surface area contributed by atoms with Crippen LogP contribution in [-0.4, -0.2) is 0 Å². The van der Waals surface area contributed by atoms with Crippen molar-refractivity contribution < 1.29 is 0 Å². The molecule has 0 amide bonds. The molecule has 0 saturated heterocycles. The first kappa shape index (κ1) is 33.8. The molecule has 0 saturated carbocycles. The number of hydrogen-bond acceptors (Lipinski definition) is 0. The van der Waals surface area contributed by atoms with Crippen LogP contribution in [0.5, 0.6) is 0 Å². The van der Waals surface area contributed by atoms with Gasteiger partial charge in [0.05, 0.1) is 0 Å². The van der Waals surface area contributed by atoms with E-state index in [1.165, 1.54) is 121 Å². The molecular weight excluding hydrogens is 709 g/mol. The Morgan fingerprint density at radius 3 is 1.17 bits per heavy atom. The van der Waals surface area contributed by atoms with Gasteiger partial charge in [-0.05, 0) is 127 Å². The molecule has 0 nitrogen and oxygen atoms in total. The molecule has 11 aromatic carbocycles. The summed E-state index contributed by atoms with van der Waals surface area (Å²) in [5.41, 5.74) is 15.4. The summed E-state index contributed by atoms with van der Waals surface area (Å²) in [5, 5.41) is 12.8. The van der Waals surface area contributed by atoms with E-state index in [1.807, 2.05) is 0 Å². The van der Waals surface area contributed by atoms with Crippen LogP contribution in [0.3, 0.4) is 0 Å². The normalized spacial score (nSPS) is 13.1. The third-order valence-electron chi connectivity index (χ3n) is 13.2. The van der Waals surface area contributed by atoms with Crippen molar-refractivity contribution in [2.24, 2.45) is 0 Å². The molecule has 0 heterocycles. The summed E-state index contributed by atoms with van der Waals surface area (Å²) >= 11 is 0. The van der Waals surface area contributed by atoms with Crippen molar-refractivity contribution in [2.45, 2.75) is 19.3 Å². The quantitative estimate of drug-likeness (QED) is 0.157. The SMILES string of the molecule is CC1(C)c2ccccc2-c2ccc(-c3c4ccccc4c(-c4cccc(-c5c6ccccc6c(-c6ccccc6)c6ccccc56)c4)c4ccccc34)c3cccc1c23. The Morgan fingerprint density at radius 1 is 0.254 bits per heavy atom. The van der Waals surface area contributed by atoms with E-state index < -0.39 is 0 Å². The fourth-order valence-corrected chi connectivity index (χ4v) is 10.7. The molecule has 0 spiro atoms. The Kier molecular flexibility index (Phi) is 7.38. The Morgan fingerprint density at radius 2 is 0.627 bits per heavy atom. The molecular formula is C59H40. The highest BCUT2D eigenvalue weighted by atomic mass is 14.4. The van der Waals surface area contributed by atoms with Crippen LogP contribution in [0.25, 0.3) is 109 Å². The van der Waals surface area contributed by atoms with E-state index in [2.05, 4.69) is 220 Å². The summed E-state index contributed by atoms with van der Waals surface area (Å²) in [6.07, 6.45) is 0. The first-order chi connectivity index (χ1) is 29.1. The van der Waals surface area contributed by atoms with Gasteiger partial charge in [0.15, 0.2) is 0 Å². The lowest BCUT2D eigenvalue weighted by atomic mass is 9.68. The molecule has 0 bridgehead atoms. The summed E-state index contributed by atoms with van der Waals surface area (Å²) in [7, 11) is 0. The fourth-order valence-electron chi connectivity index (χ4n) is 10.7. The molecule has 0 N–H and O–H groups in total. The summed E-state index contributed by atoms with van der Waals surface area (Å²) in [6, 6.07) is 76.9. The van der Waals surface area contributed by atoms with Crippen molar-refractivity contribution in [1.29, 1.82) is 0 Å². The van der Waals surface area contributed by atoms with Crippen molar-refractivity contribution in [1.82, 2.24) is 0 Å². The topological polar surface area (TPSA) is 0 Å². The van der Waals surface area contributed by atoms with Gasteiger partial charge in [-0.15, -0.1) is 0 Å². The van der Waals surface area contributed by atoms with E-state index in [1.54, 1.807) is 0 Å². The van der Waals surface area contributed by atoms with Crippen molar-refractivity contribution in [3.63, 3.8) is 0 Å². The first-order valence-electron chi connectivity index (χ1n) is 20.8. The van der Waals surface area contributed by atoms with E-state index in [4.69, 9.17) is 0 Å². The van der Waals surface area contributed by atoms with Gasteiger partial charge in [-0.3, -0.25) is 0 Å². The number of rotatable bonds is 4. The molecule has 11 aromatic rings. The fraction of sp³-hybridized carbons (Fsp3) is 0.0508. The van der Waals surface area contributed by atoms with Crippen molar-refractivity contribution in [2.75, 3.05) is 0 Å². The van der Waals surface area contributed by atoms with Crippen LogP contribution in [0.2, 0.25) is 0 Å². The summed E-state index contributed by atoms with van der Waals surface area (Å²) in [4.78, 5) is 0. The van der Waals surface area contributed by atoms with Gasteiger partial charge in [0.25, 0.3) is 0 Å². The van der Waals surface area contributed by atoms with Crippen LogP contribution in [0.1, 0.15) is 25.0 Å². The maximum Gasteiger partial charge on any atom is 0.0159 e. The van der Waals surface area contributed by atoms with E-state index in [-0.39, 0.29) is 5.41 Å². The maximum atomic E-state index is 2.44. The van der Waals surface area contributed by atoms with Gasteiger partial charge in [0.2, 0.25) is 0 Å². The van der Waals surface area contributed by atoms with Gasteiger partial charge < -0.3 is 0 Å². The lowest BCUT2D eigenvalue weighted by Gasteiger charge is -2.35. The highest BCUT2D eigenvalue weighted by Gasteiger charge is 2.34. The summed E-state index contributed by atoms with van der Waals surface area (Å²) < 4.78 is 0. The molecule has 12 rings (SSSR count). The minimum atomic E-state index is -0.112. The zero-order valence-electron chi connectivity index (χ0n) is 33.1.